The van der Waals surface area contributed by atoms with Gasteiger partial charge in [0, 0.05) is 5.41 Å². The molecule has 3 rings (SSSR count). The van der Waals surface area contributed by atoms with Gasteiger partial charge in [0.2, 0.25) is 0 Å². The third kappa shape index (κ3) is 3.34. The fourth-order valence-corrected chi connectivity index (χ4v) is 6.63. The van der Waals surface area contributed by atoms with Gasteiger partial charge in [-0.2, -0.15) is 0 Å². The van der Waals surface area contributed by atoms with E-state index in [9.17, 15) is 9.67 Å². The Balaban J connectivity index is 1.70. The summed E-state index contributed by atoms with van der Waals surface area (Å²) >= 11 is 0. The number of hydrogen-bond donors (Lipinski definition) is 1. The standard InChI is InChI=1S/C17H31O6P/c1-10(2)22-24(19,23-11(3)4)8-7-17-9-12(17)13(18)14-15(17)21-16(5,6)20-14/h10-15,18H,7-9H2,1-6H3/t12-,13+,14+,15+,17?/m1/s1. The number of hydrogen-bond acceptors (Lipinski definition) is 6. The Morgan fingerprint density at radius 2 is 1.75 bits per heavy atom. The number of fused-ring (bicyclic) bond motifs is 3. The molecule has 3 aliphatic rings. The van der Waals surface area contributed by atoms with Crippen LogP contribution in [0.15, 0.2) is 0 Å². The molecule has 3 fully saturated rings. The average molecular weight is 362 g/mol. The van der Waals surface area contributed by atoms with Gasteiger partial charge >= 0.3 is 7.60 Å². The molecule has 2 aliphatic carbocycles. The summed E-state index contributed by atoms with van der Waals surface area (Å²) < 4.78 is 36.3. The van der Waals surface area contributed by atoms with Crippen LogP contribution in [-0.2, 0) is 23.1 Å². The van der Waals surface area contributed by atoms with E-state index < -0.39 is 19.5 Å². The van der Waals surface area contributed by atoms with Crippen molar-refractivity contribution >= 4 is 7.60 Å². The third-order valence-electron chi connectivity index (χ3n) is 5.22. The minimum atomic E-state index is -3.17. The van der Waals surface area contributed by atoms with Gasteiger partial charge in [0.1, 0.15) is 6.10 Å². The highest BCUT2D eigenvalue weighted by molar-refractivity contribution is 7.53. The van der Waals surface area contributed by atoms with Crippen molar-refractivity contribution in [2.45, 2.75) is 90.7 Å². The predicted molar refractivity (Wildman–Crippen MR) is 89.9 cm³/mol. The van der Waals surface area contributed by atoms with Crippen molar-refractivity contribution in [3.63, 3.8) is 0 Å². The Kier molecular flexibility index (Phi) is 4.73. The Labute approximate surface area is 144 Å². The van der Waals surface area contributed by atoms with Crippen LogP contribution in [-0.4, -0.2) is 47.6 Å². The molecule has 140 valence electrons. The molecule has 1 N–H and O–H groups in total. The van der Waals surface area contributed by atoms with Crippen LogP contribution in [0.25, 0.3) is 0 Å². The van der Waals surface area contributed by atoms with Crippen molar-refractivity contribution in [2.75, 3.05) is 6.16 Å². The summed E-state index contributed by atoms with van der Waals surface area (Å²) in [5.74, 6) is -0.515. The molecule has 0 aromatic rings. The number of rotatable bonds is 7. The lowest BCUT2D eigenvalue weighted by Crippen LogP contribution is -2.33. The number of aliphatic hydroxyl groups is 1. The highest BCUT2D eigenvalue weighted by atomic mass is 31.2. The normalized spacial score (nSPS) is 40.2. The lowest BCUT2D eigenvalue weighted by atomic mass is 9.96. The Morgan fingerprint density at radius 1 is 1.17 bits per heavy atom. The maximum absolute atomic E-state index is 13.1. The van der Waals surface area contributed by atoms with E-state index in [1.54, 1.807) is 0 Å². The van der Waals surface area contributed by atoms with Gasteiger partial charge in [-0.25, -0.2) is 0 Å². The third-order valence-corrected chi connectivity index (χ3v) is 7.47. The molecule has 2 saturated carbocycles. The molecule has 0 aromatic heterocycles. The molecular formula is C17H31O6P. The second kappa shape index (κ2) is 6.04. The minimum Gasteiger partial charge on any atom is -0.390 e. The van der Waals surface area contributed by atoms with Gasteiger partial charge in [0.05, 0.1) is 30.6 Å². The van der Waals surface area contributed by atoms with Crippen LogP contribution in [0.3, 0.4) is 0 Å². The van der Waals surface area contributed by atoms with Crippen LogP contribution in [0.2, 0.25) is 0 Å². The zero-order valence-corrected chi connectivity index (χ0v) is 16.4. The summed E-state index contributed by atoms with van der Waals surface area (Å²) in [5, 5.41) is 10.5. The molecule has 0 radical (unpaired) electrons. The maximum atomic E-state index is 13.1. The van der Waals surface area contributed by atoms with Gasteiger partial charge in [-0.05, 0) is 60.3 Å². The van der Waals surface area contributed by atoms with Gasteiger partial charge in [0.15, 0.2) is 5.79 Å². The first-order chi connectivity index (χ1) is 11.0. The van der Waals surface area contributed by atoms with Crippen LogP contribution < -0.4 is 0 Å². The SMILES string of the molecule is CC(C)OP(=O)(CCC12C[C@@H]1[C@H](O)[C@@H]1OC(C)(C)O[C@@H]12)OC(C)C. The first-order valence-corrected chi connectivity index (χ1v) is 10.7. The molecule has 0 amide bonds. The fourth-order valence-electron chi connectivity index (χ4n) is 4.40. The summed E-state index contributed by atoms with van der Waals surface area (Å²) in [7, 11) is -3.17. The minimum absolute atomic E-state index is 0.140. The number of ether oxygens (including phenoxy) is 2. The van der Waals surface area contributed by atoms with Crippen molar-refractivity contribution in [1.29, 1.82) is 0 Å². The first-order valence-electron chi connectivity index (χ1n) is 8.98. The van der Waals surface area contributed by atoms with Crippen LogP contribution in [0.4, 0.5) is 0 Å². The van der Waals surface area contributed by atoms with Gasteiger partial charge in [-0.1, -0.05) is 0 Å². The van der Waals surface area contributed by atoms with E-state index in [-0.39, 0.29) is 35.7 Å². The molecule has 1 saturated heterocycles. The van der Waals surface area contributed by atoms with E-state index in [4.69, 9.17) is 18.5 Å². The first kappa shape index (κ1) is 18.8. The molecule has 5 atom stereocenters. The van der Waals surface area contributed by atoms with Crippen molar-refractivity contribution in [1.82, 2.24) is 0 Å². The molecule has 7 heteroatoms. The molecule has 24 heavy (non-hydrogen) atoms. The van der Waals surface area contributed by atoms with Gasteiger partial charge in [-0.3, -0.25) is 4.57 Å². The number of aliphatic hydroxyl groups excluding tert-OH is 1. The summed E-state index contributed by atoms with van der Waals surface area (Å²) in [4.78, 5) is 0. The van der Waals surface area contributed by atoms with Crippen molar-refractivity contribution in [2.24, 2.45) is 11.3 Å². The molecule has 1 aliphatic heterocycles. The van der Waals surface area contributed by atoms with E-state index in [0.29, 0.717) is 12.6 Å². The molecule has 0 bridgehead atoms. The summed E-state index contributed by atoms with van der Waals surface area (Å²) in [6.45, 7) is 11.2. The van der Waals surface area contributed by atoms with Crippen molar-refractivity contribution in [3.8, 4) is 0 Å². The Hall–Kier alpha value is 0.0300. The Bertz CT molecular complexity index is 519. The smallest absolute Gasteiger partial charge is 0.331 e. The predicted octanol–water partition coefficient (Wildman–Crippen LogP) is 3.32. The van der Waals surface area contributed by atoms with Gasteiger partial charge in [0.25, 0.3) is 0 Å². The van der Waals surface area contributed by atoms with Gasteiger partial charge in [-0.15, -0.1) is 0 Å². The zero-order valence-electron chi connectivity index (χ0n) is 15.5. The second-order valence-corrected chi connectivity index (χ2v) is 10.5. The Morgan fingerprint density at radius 3 is 2.29 bits per heavy atom. The summed E-state index contributed by atoms with van der Waals surface area (Å²) in [6, 6.07) is 0. The lowest BCUT2D eigenvalue weighted by molar-refractivity contribution is -0.167. The zero-order chi connectivity index (χ0) is 17.9. The van der Waals surface area contributed by atoms with Crippen LogP contribution in [0.1, 0.15) is 54.4 Å². The van der Waals surface area contributed by atoms with Crippen molar-refractivity contribution in [3.05, 3.63) is 0 Å². The molecule has 1 heterocycles. The quantitative estimate of drug-likeness (QED) is 0.701. The summed E-state index contributed by atoms with van der Waals surface area (Å²) in [5.41, 5.74) is -0.159. The van der Waals surface area contributed by atoms with E-state index in [0.717, 1.165) is 6.42 Å². The van der Waals surface area contributed by atoms with Gasteiger partial charge < -0.3 is 23.6 Å². The van der Waals surface area contributed by atoms with E-state index in [1.807, 2.05) is 41.5 Å². The molecule has 0 spiro atoms. The second-order valence-electron chi connectivity index (χ2n) is 8.45. The lowest BCUT2D eigenvalue weighted by Gasteiger charge is -2.27. The maximum Gasteiger partial charge on any atom is 0.331 e. The molecule has 0 aromatic carbocycles. The topological polar surface area (TPSA) is 74.2 Å². The van der Waals surface area contributed by atoms with Crippen molar-refractivity contribution < 1.29 is 28.2 Å². The van der Waals surface area contributed by atoms with Crippen LogP contribution in [0.5, 0.6) is 0 Å². The summed E-state index contributed by atoms with van der Waals surface area (Å²) in [6.07, 6.45) is 0.648. The van der Waals surface area contributed by atoms with E-state index in [2.05, 4.69) is 0 Å². The fraction of sp³-hybridized carbons (Fsp3) is 1.00. The molecule has 1 unspecified atom stereocenters. The highest BCUT2D eigenvalue weighted by Gasteiger charge is 2.75. The van der Waals surface area contributed by atoms with E-state index in [1.165, 1.54) is 0 Å². The molecule has 6 nitrogen and oxygen atoms in total. The monoisotopic (exact) mass is 362 g/mol. The van der Waals surface area contributed by atoms with Crippen LogP contribution >= 0.6 is 7.60 Å². The van der Waals surface area contributed by atoms with E-state index >= 15 is 0 Å². The largest absolute Gasteiger partial charge is 0.390 e. The highest BCUT2D eigenvalue weighted by Crippen LogP contribution is 2.70. The molecular weight excluding hydrogens is 331 g/mol. The van der Waals surface area contributed by atoms with Crippen LogP contribution in [0, 0.1) is 11.3 Å². The average Bonchev–Trinajstić information content (AvgIpc) is 2.98.